The molecule has 2 N–H and O–H groups in total. The molecule has 0 spiro atoms. The van der Waals surface area contributed by atoms with E-state index in [9.17, 15) is 9.59 Å². The van der Waals surface area contributed by atoms with Gasteiger partial charge in [0.1, 0.15) is 5.69 Å². The van der Waals surface area contributed by atoms with Gasteiger partial charge in [-0.3, -0.25) is 14.6 Å². The van der Waals surface area contributed by atoms with E-state index in [2.05, 4.69) is 20.6 Å². The van der Waals surface area contributed by atoms with Crippen molar-refractivity contribution >= 4 is 41.1 Å². The maximum absolute atomic E-state index is 11.7. The molecular formula is C17H16Cl2N4O2. The molecule has 1 aromatic carbocycles. The molecule has 25 heavy (non-hydrogen) atoms. The van der Waals surface area contributed by atoms with E-state index >= 15 is 0 Å². The fourth-order valence-corrected chi connectivity index (χ4v) is 2.34. The van der Waals surface area contributed by atoms with Crippen molar-refractivity contribution < 1.29 is 9.59 Å². The Kier molecular flexibility index (Phi) is 7.37. The maximum atomic E-state index is 11.7. The average molecular weight is 379 g/mol. The predicted molar refractivity (Wildman–Crippen MR) is 97.5 cm³/mol. The highest BCUT2D eigenvalue weighted by Crippen LogP contribution is 2.21. The van der Waals surface area contributed by atoms with Crippen LogP contribution in [0.5, 0.6) is 0 Å². The quantitative estimate of drug-likeness (QED) is 0.572. The van der Waals surface area contributed by atoms with Crippen LogP contribution in [0.1, 0.15) is 22.5 Å². The summed E-state index contributed by atoms with van der Waals surface area (Å²) >= 11 is 11.8. The van der Waals surface area contributed by atoms with Crippen LogP contribution < -0.4 is 10.6 Å². The van der Waals surface area contributed by atoms with Crippen LogP contribution in [0.15, 0.2) is 42.9 Å². The van der Waals surface area contributed by atoms with Crippen molar-refractivity contribution in [3.05, 3.63) is 64.2 Å². The Morgan fingerprint density at radius 1 is 1.12 bits per heavy atom. The van der Waals surface area contributed by atoms with Crippen molar-refractivity contribution in [1.29, 1.82) is 0 Å². The van der Waals surface area contributed by atoms with E-state index in [0.717, 1.165) is 0 Å². The molecule has 0 aliphatic carbocycles. The molecule has 1 aromatic heterocycles. The zero-order valence-corrected chi connectivity index (χ0v) is 14.7. The summed E-state index contributed by atoms with van der Waals surface area (Å²) in [5.74, 6) is -0.539. The third-order valence-corrected chi connectivity index (χ3v) is 3.67. The summed E-state index contributed by atoms with van der Waals surface area (Å²) in [5.41, 5.74) is 0.965. The fourth-order valence-electron chi connectivity index (χ4n) is 1.87. The summed E-state index contributed by atoms with van der Waals surface area (Å²) in [6.07, 6.45) is 7.94. The minimum atomic E-state index is -0.295. The smallest absolute Gasteiger partial charge is 0.271 e. The third kappa shape index (κ3) is 6.52. The Morgan fingerprint density at radius 2 is 1.92 bits per heavy atom. The zero-order chi connectivity index (χ0) is 18.1. The van der Waals surface area contributed by atoms with Gasteiger partial charge in [0.25, 0.3) is 5.91 Å². The molecule has 2 rings (SSSR count). The molecule has 0 aliphatic heterocycles. The molecular weight excluding hydrogens is 363 g/mol. The van der Waals surface area contributed by atoms with Crippen molar-refractivity contribution in [2.24, 2.45) is 0 Å². The summed E-state index contributed by atoms with van der Waals surface area (Å²) in [4.78, 5) is 31.2. The SMILES string of the molecule is O=C(/C=C/c1ccc(Cl)cc1Cl)NCCCNC(=O)c1cnccn1. The number of halogens is 2. The van der Waals surface area contributed by atoms with Gasteiger partial charge in [0.05, 0.1) is 6.20 Å². The Morgan fingerprint density at radius 3 is 2.64 bits per heavy atom. The maximum Gasteiger partial charge on any atom is 0.271 e. The van der Waals surface area contributed by atoms with Crippen LogP contribution in [0.2, 0.25) is 10.0 Å². The number of carbonyl (C=O) groups excluding carboxylic acids is 2. The standard InChI is InChI=1S/C17H16Cl2N4O2/c18-13-4-2-12(14(19)10-13)3-5-16(24)22-6-1-7-23-17(25)15-11-20-8-9-21-15/h2-5,8-11H,1,6-7H2,(H,22,24)(H,23,25)/b5-3+. The van der Waals surface area contributed by atoms with E-state index < -0.39 is 0 Å². The van der Waals surface area contributed by atoms with Gasteiger partial charge in [-0.2, -0.15) is 0 Å². The van der Waals surface area contributed by atoms with Crippen LogP contribution in [-0.4, -0.2) is 34.9 Å². The number of hydrogen-bond donors (Lipinski definition) is 2. The molecule has 0 atom stereocenters. The van der Waals surface area contributed by atoms with E-state index in [0.29, 0.717) is 35.1 Å². The molecule has 2 amide bonds. The van der Waals surface area contributed by atoms with Crippen LogP contribution in [0.4, 0.5) is 0 Å². The van der Waals surface area contributed by atoms with Crippen molar-refractivity contribution in [1.82, 2.24) is 20.6 Å². The lowest BCUT2D eigenvalue weighted by Gasteiger charge is -2.05. The lowest BCUT2D eigenvalue weighted by atomic mass is 10.2. The molecule has 0 radical (unpaired) electrons. The largest absolute Gasteiger partial charge is 0.352 e. The predicted octanol–water partition coefficient (Wildman–Crippen LogP) is 2.73. The number of carbonyl (C=O) groups is 2. The molecule has 2 aromatic rings. The molecule has 1 heterocycles. The molecule has 0 saturated heterocycles. The number of rotatable bonds is 7. The highest BCUT2D eigenvalue weighted by molar-refractivity contribution is 6.35. The zero-order valence-electron chi connectivity index (χ0n) is 13.2. The second-order valence-electron chi connectivity index (χ2n) is 4.99. The number of amides is 2. The molecule has 6 nitrogen and oxygen atoms in total. The highest BCUT2D eigenvalue weighted by Gasteiger charge is 2.05. The lowest BCUT2D eigenvalue weighted by molar-refractivity contribution is -0.116. The minimum absolute atomic E-state index is 0.244. The molecule has 0 bridgehead atoms. The summed E-state index contributed by atoms with van der Waals surface area (Å²) in [6.45, 7) is 0.848. The highest BCUT2D eigenvalue weighted by atomic mass is 35.5. The number of nitrogens with zero attached hydrogens (tertiary/aromatic N) is 2. The van der Waals surface area contributed by atoms with Gasteiger partial charge in [-0.15, -0.1) is 0 Å². The van der Waals surface area contributed by atoms with Crippen LogP contribution in [0, 0.1) is 0 Å². The van der Waals surface area contributed by atoms with Gasteiger partial charge in [-0.25, -0.2) is 4.98 Å². The van der Waals surface area contributed by atoms with Gasteiger partial charge in [0, 0.05) is 41.6 Å². The second kappa shape index (κ2) is 9.76. The summed E-state index contributed by atoms with van der Waals surface area (Å²) in [6, 6.07) is 5.04. The van der Waals surface area contributed by atoms with Crippen LogP contribution in [0.25, 0.3) is 6.08 Å². The van der Waals surface area contributed by atoms with Crippen molar-refractivity contribution in [2.75, 3.05) is 13.1 Å². The topological polar surface area (TPSA) is 84.0 Å². The van der Waals surface area contributed by atoms with E-state index in [1.165, 1.54) is 24.7 Å². The van der Waals surface area contributed by atoms with Gasteiger partial charge in [0.2, 0.25) is 5.91 Å². The van der Waals surface area contributed by atoms with E-state index in [1.54, 1.807) is 24.3 Å². The van der Waals surface area contributed by atoms with Gasteiger partial charge < -0.3 is 10.6 Å². The first-order valence-corrected chi connectivity index (χ1v) is 8.27. The Hall–Kier alpha value is -2.44. The fraction of sp³-hybridized carbons (Fsp3) is 0.176. The summed E-state index contributed by atoms with van der Waals surface area (Å²) in [5, 5.41) is 6.44. The average Bonchev–Trinajstić information content (AvgIpc) is 2.61. The molecule has 0 saturated carbocycles. The number of aromatic nitrogens is 2. The van der Waals surface area contributed by atoms with Gasteiger partial charge in [-0.05, 0) is 30.2 Å². The van der Waals surface area contributed by atoms with Crippen LogP contribution >= 0.6 is 23.2 Å². The molecule has 0 unspecified atom stereocenters. The number of benzene rings is 1. The lowest BCUT2D eigenvalue weighted by Crippen LogP contribution is -2.29. The second-order valence-corrected chi connectivity index (χ2v) is 5.83. The van der Waals surface area contributed by atoms with Gasteiger partial charge >= 0.3 is 0 Å². The van der Waals surface area contributed by atoms with Crippen LogP contribution in [0.3, 0.4) is 0 Å². The number of hydrogen-bond acceptors (Lipinski definition) is 4. The first-order chi connectivity index (χ1) is 12.1. The minimum Gasteiger partial charge on any atom is -0.352 e. The molecule has 130 valence electrons. The Bertz CT molecular complexity index is 766. The first kappa shape index (κ1) is 18.9. The normalized spacial score (nSPS) is 10.6. The molecule has 0 aliphatic rings. The third-order valence-electron chi connectivity index (χ3n) is 3.11. The van der Waals surface area contributed by atoms with Crippen molar-refractivity contribution in [3.63, 3.8) is 0 Å². The molecule has 0 fully saturated rings. The van der Waals surface area contributed by atoms with E-state index in [4.69, 9.17) is 23.2 Å². The van der Waals surface area contributed by atoms with E-state index in [1.807, 2.05) is 0 Å². The van der Waals surface area contributed by atoms with Gasteiger partial charge in [-0.1, -0.05) is 29.3 Å². The summed E-state index contributed by atoms with van der Waals surface area (Å²) in [7, 11) is 0. The first-order valence-electron chi connectivity index (χ1n) is 7.51. The Labute approximate surface area is 155 Å². The van der Waals surface area contributed by atoms with Crippen molar-refractivity contribution in [2.45, 2.75) is 6.42 Å². The van der Waals surface area contributed by atoms with Gasteiger partial charge in [0.15, 0.2) is 0 Å². The van der Waals surface area contributed by atoms with E-state index in [-0.39, 0.29) is 17.5 Å². The number of nitrogens with one attached hydrogen (secondary N) is 2. The molecule has 8 heteroatoms. The van der Waals surface area contributed by atoms with Crippen LogP contribution in [-0.2, 0) is 4.79 Å². The monoisotopic (exact) mass is 378 g/mol. The summed E-state index contributed by atoms with van der Waals surface area (Å²) < 4.78 is 0. The van der Waals surface area contributed by atoms with Crippen molar-refractivity contribution in [3.8, 4) is 0 Å². The Balaban J connectivity index is 1.67.